The van der Waals surface area contributed by atoms with Crippen molar-refractivity contribution in [2.75, 3.05) is 6.61 Å². The minimum absolute atomic E-state index is 0.238. The quantitative estimate of drug-likeness (QED) is 0.802. The number of rotatable bonds is 4. The number of aliphatic carboxylic acids is 1. The topological polar surface area (TPSA) is 86.6 Å². The Morgan fingerprint density at radius 3 is 2.63 bits per heavy atom. The zero-order valence-electron chi connectivity index (χ0n) is 9.59. The van der Waals surface area contributed by atoms with Crippen LogP contribution >= 0.6 is 22.9 Å². The van der Waals surface area contributed by atoms with Gasteiger partial charge in [0.05, 0.1) is 11.6 Å². The Morgan fingerprint density at radius 2 is 2.05 bits per heavy atom. The molecule has 1 aromatic carbocycles. The van der Waals surface area contributed by atoms with Crippen molar-refractivity contribution in [3.63, 3.8) is 0 Å². The van der Waals surface area contributed by atoms with Crippen molar-refractivity contribution in [2.45, 2.75) is 6.04 Å². The zero-order valence-corrected chi connectivity index (χ0v) is 11.2. The molecule has 7 heteroatoms. The Balaban J connectivity index is 2.31. The average molecular weight is 300 g/mol. The van der Waals surface area contributed by atoms with Crippen LogP contribution in [0.15, 0.2) is 24.3 Å². The molecule has 100 valence electrons. The number of hydrogen-bond acceptors (Lipinski definition) is 4. The van der Waals surface area contributed by atoms with Gasteiger partial charge in [0.2, 0.25) is 0 Å². The molecule has 1 amide bonds. The lowest BCUT2D eigenvalue weighted by Gasteiger charge is -2.10. The SMILES string of the molecule is O=C(NC(CO)C(=O)O)c1sc2ccccc2c1Cl. The van der Waals surface area contributed by atoms with Crippen LogP contribution in [-0.2, 0) is 4.79 Å². The minimum Gasteiger partial charge on any atom is -0.480 e. The molecular weight excluding hydrogens is 290 g/mol. The van der Waals surface area contributed by atoms with Crippen molar-refractivity contribution < 1.29 is 19.8 Å². The summed E-state index contributed by atoms with van der Waals surface area (Å²) in [5.41, 5.74) is 0. The van der Waals surface area contributed by atoms with Gasteiger partial charge in [0.1, 0.15) is 4.88 Å². The molecule has 19 heavy (non-hydrogen) atoms. The molecule has 0 saturated heterocycles. The highest BCUT2D eigenvalue weighted by molar-refractivity contribution is 7.21. The Bertz CT molecular complexity index is 640. The standard InChI is InChI=1S/C12H10ClNO4S/c13-9-6-3-1-2-4-8(6)19-10(9)11(16)14-7(5-15)12(17)18/h1-4,7,15H,5H2,(H,14,16)(H,17,18). The van der Waals surface area contributed by atoms with E-state index in [4.69, 9.17) is 21.8 Å². The highest BCUT2D eigenvalue weighted by Crippen LogP contribution is 2.34. The average Bonchev–Trinajstić information content (AvgIpc) is 2.73. The van der Waals surface area contributed by atoms with Crippen LogP contribution in [0.1, 0.15) is 9.67 Å². The molecule has 0 aliphatic heterocycles. The first-order valence-corrected chi connectivity index (χ1v) is 6.55. The maximum atomic E-state index is 11.9. The molecule has 0 aliphatic rings. The Morgan fingerprint density at radius 1 is 1.37 bits per heavy atom. The third kappa shape index (κ3) is 2.70. The van der Waals surface area contributed by atoms with Crippen molar-refractivity contribution in [2.24, 2.45) is 0 Å². The van der Waals surface area contributed by atoms with Gasteiger partial charge in [-0.3, -0.25) is 4.79 Å². The molecular formula is C12H10ClNO4S. The summed E-state index contributed by atoms with van der Waals surface area (Å²) in [5.74, 6) is -1.90. The lowest BCUT2D eigenvalue weighted by molar-refractivity contribution is -0.140. The second-order valence-corrected chi connectivity index (χ2v) is 5.22. The van der Waals surface area contributed by atoms with Crippen molar-refractivity contribution in [3.8, 4) is 0 Å². The molecule has 0 aliphatic carbocycles. The smallest absolute Gasteiger partial charge is 0.328 e. The molecule has 1 unspecified atom stereocenters. The molecule has 1 atom stereocenters. The Kier molecular flexibility index (Phi) is 4.04. The number of benzene rings is 1. The molecule has 5 nitrogen and oxygen atoms in total. The number of carbonyl (C=O) groups excluding carboxylic acids is 1. The van der Waals surface area contributed by atoms with Gasteiger partial charge in [-0.1, -0.05) is 29.8 Å². The number of carboxylic acids is 1. The molecule has 1 aromatic heterocycles. The van der Waals surface area contributed by atoms with Crippen molar-refractivity contribution in [3.05, 3.63) is 34.2 Å². The van der Waals surface area contributed by atoms with Gasteiger partial charge in [-0.05, 0) is 6.07 Å². The van der Waals surface area contributed by atoms with E-state index >= 15 is 0 Å². The third-order valence-electron chi connectivity index (χ3n) is 2.53. The predicted molar refractivity (Wildman–Crippen MR) is 72.8 cm³/mol. The van der Waals surface area contributed by atoms with Gasteiger partial charge in [0.25, 0.3) is 5.91 Å². The number of amides is 1. The molecule has 0 saturated carbocycles. The summed E-state index contributed by atoms with van der Waals surface area (Å²) < 4.78 is 0.841. The molecule has 0 radical (unpaired) electrons. The second-order valence-electron chi connectivity index (χ2n) is 3.79. The number of halogens is 1. The summed E-state index contributed by atoms with van der Waals surface area (Å²) in [5, 5.41) is 20.9. The monoisotopic (exact) mass is 299 g/mol. The molecule has 0 fully saturated rings. The first-order valence-electron chi connectivity index (χ1n) is 5.36. The van der Waals surface area contributed by atoms with Gasteiger partial charge in [-0.25, -0.2) is 4.79 Å². The van der Waals surface area contributed by atoms with E-state index in [0.29, 0.717) is 5.02 Å². The van der Waals surface area contributed by atoms with Crippen molar-refractivity contribution in [1.82, 2.24) is 5.32 Å². The lowest BCUT2D eigenvalue weighted by Crippen LogP contribution is -2.43. The summed E-state index contributed by atoms with van der Waals surface area (Å²) in [6.07, 6.45) is 0. The first-order chi connectivity index (χ1) is 9.04. The molecule has 1 heterocycles. The molecule has 2 aromatic rings. The van der Waals surface area contributed by atoms with Gasteiger partial charge in [-0.15, -0.1) is 11.3 Å². The number of thiophene rings is 1. The number of hydrogen-bond donors (Lipinski definition) is 3. The highest BCUT2D eigenvalue weighted by Gasteiger charge is 2.23. The van der Waals surface area contributed by atoms with E-state index in [1.807, 2.05) is 12.1 Å². The fourth-order valence-electron chi connectivity index (χ4n) is 1.57. The number of carboxylic acid groups (broad SMARTS) is 1. The normalized spacial score (nSPS) is 12.3. The Labute approximate surface area is 117 Å². The fraction of sp³-hybridized carbons (Fsp3) is 0.167. The highest BCUT2D eigenvalue weighted by atomic mass is 35.5. The summed E-state index contributed by atoms with van der Waals surface area (Å²) in [4.78, 5) is 22.9. The van der Waals surface area contributed by atoms with Crippen LogP contribution in [0.25, 0.3) is 10.1 Å². The number of nitrogens with one attached hydrogen (secondary N) is 1. The van der Waals surface area contributed by atoms with Gasteiger partial charge < -0.3 is 15.5 Å². The van der Waals surface area contributed by atoms with Crippen molar-refractivity contribution >= 4 is 44.9 Å². The number of fused-ring (bicyclic) bond motifs is 1. The van der Waals surface area contributed by atoms with E-state index in [9.17, 15) is 9.59 Å². The van der Waals surface area contributed by atoms with Crippen LogP contribution in [0, 0.1) is 0 Å². The first kappa shape index (κ1) is 13.8. The van der Waals surface area contributed by atoms with E-state index in [1.54, 1.807) is 12.1 Å². The maximum absolute atomic E-state index is 11.9. The second kappa shape index (κ2) is 5.56. The molecule has 0 spiro atoms. The minimum atomic E-state index is -1.34. The third-order valence-corrected chi connectivity index (χ3v) is 4.20. The van der Waals surface area contributed by atoms with E-state index in [0.717, 1.165) is 10.1 Å². The van der Waals surface area contributed by atoms with Crippen molar-refractivity contribution in [1.29, 1.82) is 0 Å². The molecule has 3 N–H and O–H groups in total. The van der Waals surface area contributed by atoms with E-state index in [1.165, 1.54) is 11.3 Å². The fourth-order valence-corrected chi connectivity index (χ4v) is 2.99. The Hall–Kier alpha value is -1.63. The maximum Gasteiger partial charge on any atom is 0.328 e. The molecule has 2 rings (SSSR count). The number of aliphatic hydroxyl groups excluding tert-OH is 1. The summed E-state index contributed by atoms with van der Waals surface area (Å²) in [6, 6.07) is 5.89. The molecule has 0 bridgehead atoms. The number of carbonyl (C=O) groups is 2. The largest absolute Gasteiger partial charge is 0.480 e. The summed E-state index contributed by atoms with van der Waals surface area (Å²) in [6.45, 7) is -0.677. The van der Waals surface area contributed by atoms with Crippen LogP contribution in [0.3, 0.4) is 0 Å². The van der Waals surface area contributed by atoms with E-state index in [2.05, 4.69) is 5.32 Å². The number of aliphatic hydroxyl groups is 1. The van der Waals surface area contributed by atoms with Crippen LogP contribution in [0.5, 0.6) is 0 Å². The van der Waals surface area contributed by atoms with Crippen LogP contribution in [-0.4, -0.2) is 34.7 Å². The lowest BCUT2D eigenvalue weighted by atomic mass is 10.2. The van der Waals surface area contributed by atoms with E-state index < -0.39 is 24.5 Å². The van der Waals surface area contributed by atoms with Crippen LogP contribution < -0.4 is 5.32 Å². The van der Waals surface area contributed by atoms with Gasteiger partial charge in [0, 0.05) is 10.1 Å². The van der Waals surface area contributed by atoms with Crippen LogP contribution in [0.2, 0.25) is 5.02 Å². The predicted octanol–water partition coefficient (Wildman–Crippen LogP) is 1.73. The van der Waals surface area contributed by atoms with E-state index in [-0.39, 0.29) is 4.88 Å². The zero-order chi connectivity index (χ0) is 14.0. The van der Waals surface area contributed by atoms with Crippen LogP contribution in [0.4, 0.5) is 0 Å². The van der Waals surface area contributed by atoms with Gasteiger partial charge >= 0.3 is 5.97 Å². The summed E-state index contributed by atoms with van der Waals surface area (Å²) in [7, 11) is 0. The van der Waals surface area contributed by atoms with Gasteiger partial charge in [-0.2, -0.15) is 0 Å². The van der Waals surface area contributed by atoms with Gasteiger partial charge in [0.15, 0.2) is 6.04 Å². The summed E-state index contributed by atoms with van der Waals surface area (Å²) >= 11 is 7.28.